The molecule has 10 nitrogen and oxygen atoms in total. The molecule has 1 atom stereocenters. The molecule has 1 saturated carbocycles. The molecule has 45 heavy (non-hydrogen) atoms. The Balaban J connectivity index is 1.36. The minimum atomic E-state index is -0.970. The topological polar surface area (TPSA) is 96.8 Å². The number of carbonyl (C=O) groups is 2. The molecule has 6 rings (SSSR count). The molecule has 2 amide bonds. The van der Waals surface area contributed by atoms with Gasteiger partial charge in [-0.05, 0) is 49.0 Å². The number of aromatic nitrogens is 1. The summed E-state index contributed by atoms with van der Waals surface area (Å²) in [6.07, 6.45) is 7.11. The Morgan fingerprint density at radius 2 is 1.87 bits per heavy atom. The molecule has 12 heteroatoms. The van der Waals surface area contributed by atoms with Crippen molar-refractivity contribution in [3.05, 3.63) is 65.1 Å². The van der Waals surface area contributed by atoms with Gasteiger partial charge in [0.05, 0.1) is 56.8 Å². The molecule has 4 heterocycles. The van der Waals surface area contributed by atoms with Crippen molar-refractivity contribution in [3.8, 4) is 11.5 Å². The zero-order valence-electron chi connectivity index (χ0n) is 25.8. The van der Waals surface area contributed by atoms with Crippen LogP contribution in [0.4, 0.5) is 14.5 Å². The number of methoxy groups -OCH3 is 2. The Kier molecular flexibility index (Phi) is 8.45. The van der Waals surface area contributed by atoms with Crippen molar-refractivity contribution in [1.82, 2.24) is 14.8 Å². The predicted octanol–water partition coefficient (Wildman–Crippen LogP) is 3.88. The smallest absolute Gasteiger partial charge is 0.250 e. The molecule has 3 aliphatic heterocycles. The van der Waals surface area contributed by atoms with Gasteiger partial charge in [0, 0.05) is 50.7 Å². The highest BCUT2D eigenvalue weighted by atomic mass is 19.1. The van der Waals surface area contributed by atoms with Gasteiger partial charge >= 0.3 is 0 Å². The zero-order chi connectivity index (χ0) is 31.9. The second kappa shape index (κ2) is 12.3. The summed E-state index contributed by atoms with van der Waals surface area (Å²) in [7, 11) is 4.22. The van der Waals surface area contributed by atoms with E-state index < -0.39 is 22.7 Å². The molecule has 2 fully saturated rings. The Labute approximate surface area is 261 Å². The predicted molar refractivity (Wildman–Crippen MR) is 164 cm³/mol. The number of hydrogen-bond acceptors (Lipinski definition) is 8. The van der Waals surface area contributed by atoms with Crippen LogP contribution in [0, 0.1) is 11.6 Å². The fraction of sp³-hybridized carbons (Fsp3) is 0.455. The quantitative estimate of drug-likeness (QED) is 0.392. The Bertz CT molecular complexity index is 1570. The third-order valence-corrected chi connectivity index (χ3v) is 9.27. The van der Waals surface area contributed by atoms with Crippen molar-refractivity contribution in [2.24, 2.45) is 4.99 Å². The number of morpholine rings is 1. The summed E-state index contributed by atoms with van der Waals surface area (Å²) in [6, 6.07) is 3.02. The number of likely N-dealkylation sites (N-methyl/N-ethyl adjacent to an activating group) is 1. The number of aliphatic imine (C=N–C) groups is 1. The summed E-state index contributed by atoms with van der Waals surface area (Å²) in [5.74, 6) is -3.05. The molecule has 1 aromatic heterocycles. The molecule has 0 N–H and O–H groups in total. The number of dihydropyridines is 1. The number of nitrogens with zero attached hydrogens (tertiary/aromatic N) is 5. The number of benzene rings is 1. The lowest BCUT2D eigenvalue weighted by atomic mass is 9.84. The first kappa shape index (κ1) is 30.8. The third kappa shape index (κ3) is 5.50. The number of ether oxygens (including phenoxy) is 3. The first-order valence-electron chi connectivity index (χ1n) is 15.1. The number of carbonyl (C=O) groups excluding carboxylic acids is 2. The first-order valence-corrected chi connectivity index (χ1v) is 15.1. The van der Waals surface area contributed by atoms with Gasteiger partial charge in [-0.1, -0.05) is 6.58 Å². The van der Waals surface area contributed by atoms with Crippen LogP contribution in [0.2, 0.25) is 0 Å². The maximum Gasteiger partial charge on any atom is 0.250 e. The molecule has 1 saturated heterocycles. The summed E-state index contributed by atoms with van der Waals surface area (Å²) < 4.78 is 46.7. The maximum atomic E-state index is 15.5. The average Bonchev–Trinajstić information content (AvgIpc) is 3.87. The van der Waals surface area contributed by atoms with Crippen LogP contribution in [0.25, 0.3) is 5.57 Å². The van der Waals surface area contributed by atoms with Gasteiger partial charge in [0.25, 0.3) is 0 Å². The van der Waals surface area contributed by atoms with E-state index in [1.807, 2.05) is 6.07 Å². The number of fused-ring (bicyclic) bond motifs is 2. The van der Waals surface area contributed by atoms with Crippen molar-refractivity contribution in [2.45, 2.75) is 43.7 Å². The third-order valence-electron chi connectivity index (χ3n) is 9.27. The van der Waals surface area contributed by atoms with E-state index in [2.05, 4.69) is 11.5 Å². The second-order valence-corrected chi connectivity index (χ2v) is 11.8. The zero-order valence-corrected chi connectivity index (χ0v) is 25.8. The van der Waals surface area contributed by atoms with Gasteiger partial charge < -0.3 is 24.0 Å². The van der Waals surface area contributed by atoms with E-state index in [1.165, 1.54) is 25.2 Å². The van der Waals surface area contributed by atoms with Crippen molar-refractivity contribution in [3.63, 3.8) is 0 Å². The largest absolute Gasteiger partial charge is 0.493 e. The lowest BCUT2D eigenvalue weighted by Gasteiger charge is -2.35. The van der Waals surface area contributed by atoms with Gasteiger partial charge in [-0.25, -0.2) is 8.78 Å². The van der Waals surface area contributed by atoms with E-state index in [-0.39, 0.29) is 35.9 Å². The van der Waals surface area contributed by atoms with Gasteiger partial charge in [0.15, 0.2) is 23.1 Å². The normalized spacial score (nSPS) is 20.7. The molecule has 0 bridgehead atoms. The van der Waals surface area contributed by atoms with Crippen LogP contribution in [0.5, 0.6) is 11.5 Å². The van der Waals surface area contributed by atoms with Crippen LogP contribution in [-0.4, -0.2) is 93.0 Å². The number of rotatable bonds is 9. The monoisotopic (exact) mass is 621 g/mol. The summed E-state index contributed by atoms with van der Waals surface area (Å²) in [5.41, 5.74) is 2.17. The molecule has 1 aromatic carbocycles. The number of hydrogen-bond donors (Lipinski definition) is 0. The number of pyridine rings is 1. The fourth-order valence-electron chi connectivity index (χ4n) is 6.49. The van der Waals surface area contributed by atoms with Crippen LogP contribution in [0.15, 0.2) is 41.7 Å². The fourth-order valence-corrected chi connectivity index (χ4v) is 6.49. The highest BCUT2D eigenvalue weighted by Gasteiger charge is 2.57. The molecular formula is C33H37F2N5O5. The van der Waals surface area contributed by atoms with Gasteiger partial charge in [-0.2, -0.15) is 0 Å². The summed E-state index contributed by atoms with van der Waals surface area (Å²) >= 11 is 0. The standard InChI is InChI=1S/C33H37F2N5O5/c1-5-28(41)38(2)25-18-36-21(6-9-39-10-12-45-13-11-39)14-22(25)24-15-23-20(17-37-24)19-40(32(42)33(23)7-8-33)31-29(34)26(43-3)16-27(44-4)30(31)35/h5,15-18,21H,1,6-14,19H2,2-4H3. The average molecular weight is 622 g/mol. The lowest BCUT2D eigenvalue weighted by molar-refractivity contribution is -0.123. The Morgan fingerprint density at radius 3 is 2.49 bits per heavy atom. The molecule has 1 spiro atoms. The van der Waals surface area contributed by atoms with Crippen molar-refractivity contribution >= 4 is 29.3 Å². The minimum absolute atomic E-state index is 0.0161. The summed E-state index contributed by atoms with van der Waals surface area (Å²) in [5, 5.41) is 0. The van der Waals surface area contributed by atoms with Crippen LogP contribution >= 0.6 is 0 Å². The molecule has 1 aliphatic carbocycles. The molecular weight excluding hydrogens is 584 g/mol. The van der Waals surface area contributed by atoms with Crippen molar-refractivity contribution < 1.29 is 32.6 Å². The van der Waals surface area contributed by atoms with Crippen molar-refractivity contribution in [2.75, 3.05) is 59.0 Å². The van der Waals surface area contributed by atoms with E-state index in [0.29, 0.717) is 36.2 Å². The van der Waals surface area contributed by atoms with E-state index in [0.717, 1.165) is 61.4 Å². The first-order chi connectivity index (χ1) is 21.7. The number of allylic oxidation sites excluding steroid dienone is 1. The summed E-state index contributed by atoms with van der Waals surface area (Å²) in [6.45, 7) is 7.65. The van der Waals surface area contributed by atoms with Gasteiger partial charge in [0.1, 0.15) is 5.69 Å². The van der Waals surface area contributed by atoms with Crippen LogP contribution in [-0.2, 0) is 26.3 Å². The number of amides is 2. The van der Waals surface area contributed by atoms with Gasteiger partial charge in [0.2, 0.25) is 11.8 Å². The minimum Gasteiger partial charge on any atom is -0.493 e. The molecule has 2 aromatic rings. The van der Waals surface area contributed by atoms with Gasteiger partial charge in [-0.3, -0.25) is 24.5 Å². The van der Waals surface area contributed by atoms with E-state index in [1.54, 1.807) is 19.5 Å². The molecule has 1 unspecified atom stereocenters. The van der Waals surface area contributed by atoms with Crippen LogP contribution < -0.4 is 14.4 Å². The van der Waals surface area contributed by atoms with Crippen LogP contribution in [0.3, 0.4) is 0 Å². The van der Waals surface area contributed by atoms with Crippen LogP contribution in [0.1, 0.15) is 42.5 Å². The van der Waals surface area contributed by atoms with Crippen molar-refractivity contribution in [1.29, 1.82) is 0 Å². The highest BCUT2D eigenvalue weighted by Crippen LogP contribution is 2.55. The number of anilines is 1. The lowest BCUT2D eigenvalue weighted by Crippen LogP contribution is -2.45. The second-order valence-electron chi connectivity index (χ2n) is 11.8. The molecule has 0 radical (unpaired) electrons. The number of halogens is 2. The van der Waals surface area contributed by atoms with Gasteiger partial charge in [-0.15, -0.1) is 0 Å². The molecule has 238 valence electrons. The Morgan fingerprint density at radius 1 is 1.18 bits per heavy atom. The van der Waals surface area contributed by atoms with E-state index >= 15 is 8.78 Å². The highest BCUT2D eigenvalue weighted by molar-refractivity contribution is 6.06. The van der Waals surface area contributed by atoms with E-state index in [4.69, 9.17) is 24.2 Å². The summed E-state index contributed by atoms with van der Waals surface area (Å²) in [4.78, 5) is 41.3. The Hall–Kier alpha value is -4.16. The van der Waals surface area contributed by atoms with E-state index in [9.17, 15) is 9.59 Å². The maximum absolute atomic E-state index is 15.5. The molecule has 4 aliphatic rings. The SMILES string of the molecule is C=CC(=O)N(C)C1=C(c2cc3c(cn2)CN(c2c(F)c(OC)cc(OC)c2F)C(=O)C32CC2)CC(CCN2CCOCC2)N=C1.